The Labute approximate surface area is 131 Å². The number of methoxy groups -OCH3 is 2. The molecular formula is C17H24N2O3. The second-order valence-electron chi connectivity index (χ2n) is 6.47. The number of hydrogen-bond acceptors (Lipinski definition) is 4. The molecule has 0 aromatic heterocycles. The number of rotatable bonds is 4. The first kappa shape index (κ1) is 15.2. The number of piperidine rings is 1. The maximum atomic E-state index is 12.6. The van der Waals surface area contributed by atoms with Crippen molar-refractivity contribution >= 4 is 11.6 Å². The van der Waals surface area contributed by atoms with Crippen LogP contribution in [0.2, 0.25) is 0 Å². The number of amides is 1. The van der Waals surface area contributed by atoms with Gasteiger partial charge in [0.2, 0.25) is 0 Å². The summed E-state index contributed by atoms with van der Waals surface area (Å²) in [5.41, 5.74) is 7.44. The van der Waals surface area contributed by atoms with Crippen LogP contribution in [0.5, 0.6) is 5.75 Å². The van der Waals surface area contributed by atoms with Crippen LogP contribution in [0.15, 0.2) is 18.2 Å². The van der Waals surface area contributed by atoms with E-state index in [4.69, 9.17) is 15.2 Å². The van der Waals surface area contributed by atoms with Gasteiger partial charge in [-0.15, -0.1) is 0 Å². The summed E-state index contributed by atoms with van der Waals surface area (Å²) < 4.78 is 10.5. The predicted molar refractivity (Wildman–Crippen MR) is 85.0 cm³/mol. The molecule has 1 aliphatic heterocycles. The summed E-state index contributed by atoms with van der Waals surface area (Å²) in [6.45, 7) is 2.50. The third-order valence-corrected chi connectivity index (χ3v) is 5.25. The number of anilines is 1. The van der Waals surface area contributed by atoms with Crippen LogP contribution in [-0.2, 0) is 4.74 Å². The van der Waals surface area contributed by atoms with Gasteiger partial charge >= 0.3 is 0 Å². The van der Waals surface area contributed by atoms with E-state index in [0.717, 1.165) is 32.5 Å². The second kappa shape index (κ2) is 5.80. The van der Waals surface area contributed by atoms with Gasteiger partial charge in [-0.05, 0) is 48.8 Å². The fourth-order valence-electron chi connectivity index (χ4n) is 3.66. The smallest absolute Gasteiger partial charge is 0.253 e. The summed E-state index contributed by atoms with van der Waals surface area (Å²) in [5, 5.41) is 0. The molecule has 1 spiro atoms. The van der Waals surface area contributed by atoms with E-state index in [1.165, 1.54) is 6.42 Å². The Morgan fingerprint density at radius 3 is 2.73 bits per heavy atom. The number of benzene rings is 1. The molecule has 1 saturated carbocycles. The van der Waals surface area contributed by atoms with Crippen molar-refractivity contribution in [2.24, 2.45) is 11.3 Å². The van der Waals surface area contributed by atoms with Crippen LogP contribution in [0.1, 0.15) is 29.6 Å². The molecule has 0 radical (unpaired) electrons. The molecule has 2 aliphatic rings. The quantitative estimate of drug-likeness (QED) is 0.866. The number of carbonyl (C=O) groups excluding carboxylic acids is 1. The highest BCUT2D eigenvalue weighted by Crippen LogP contribution is 2.59. The van der Waals surface area contributed by atoms with Crippen molar-refractivity contribution in [2.75, 3.05) is 39.6 Å². The van der Waals surface area contributed by atoms with Crippen molar-refractivity contribution in [2.45, 2.75) is 19.3 Å². The van der Waals surface area contributed by atoms with Crippen LogP contribution in [-0.4, -0.2) is 44.7 Å². The first-order valence-corrected chi connectivity index (χ1v) is 7.81. The Morgan fingerprint density at radius 1 is 1.36 bits per heavy atom. The molecule has 1 atom stereocenters. The zero-order chi connectivity index (χ0) is 15.7. The minimum atomic E-state index is 0.0668. The van der Waals surface area contributed by atoms with Gasteiger partial charge < -0.3 is 20.1 Å². The number of nitrogens with two attached hydrogens (primary N) is 1. The highest BCUT2D eigenvalue weighted by Gasteiger charge is 2.54. The van der Waals surface area contributed by atoms with Gasteiger partial charge in [-0.3, -0.25) is 4.79 Å². The molecule has 1 saturated heterocycles. The van der Waals surface area contributed by atoms with E-state index in [9.17, 15) is 4.79 Å². The normalized spacial score (nSPS) is 22.6. The largest absolute Gasteiger partial charge is 0.495 e. The standard InChI is InChI=1S/C17H24N2O3/c1-21-11-13-10-17(13)5-7-19(8-6-17)16(20)12-3-4-14(18)15(9-12)22-2/h3-4,9,13H,5-8,10-11,18H2,1-2H3. The summed E-state index contributed by atoms with van der Waals surface area (Å²) in [5.74, 6) is 1.31. The number of nitrogen functional groups attached to an aromatic ring is 1. The molecule has 1 aliphatic carbocycles. The van der Waals surface area contributed by atoms with E-state index in [1.807, 2.05) is 4.90 Å². The summed E-state index contributed by atoms with van der Waals surface area (Å²) in [6, 6.07) is 5.23. The molecule has 1 unspecified atom stereocenters. The lowest BCUT2D eigenvalue weighted by Crippen LogP contribution is -2.39. The van der Waals surface area contributed by atoms with Crippen LogP contribution in [0.3, 0.4) is 0 Å². The van der Waals surface area contributed by atoms with Crippen LogP contribution in [0, 0.1) is 11.3 Å². The average molecular weight is 304 g/mol. The molecule has 5 heteroatoms. The fraction of sp³-hybridized carbons (Fsp3) is 0.588. The highest BCUT2D eigenvalue weighted by molar-refractivity contribution is 5.95. The van der Waals surface area contributed by atoms with Crippen LogP contribution < -0.4 is 10.5 Å². The van der Waals surface area contributed by atoms with Crippen molar-refractivity contribution in [3.8, 4) is 5.75 Å². The van der Waals surface area contributed by atoms with Gasteiger partial charge in [-0.25, -0.2) is 0 Å². The summed E-state index contributed by atoms with van der Waals surface area (Å²) >= 11 is 0. The molecule has 1 aromatic rings. The van der Waals surface area contributed by atoms with Crippen molar-refractivity contribution in [3.63, 3.8) is 0 Å². The molecule has 3 rings (SSSR count). The molecule has 22 heavy (non-hydrogen) atoms. The summed E-state index contributed by atoms with van der Waals surface area (Å²) in [7, 11) is 3.33. The topological polar surface area (TPSA) is 64.8 Å². The maximum absolute atomic E-state index is 12.6. The van der Waals surface area contributed by atoms with Crippen molar-refractivity contribution in [1.82, 2.24) is 4.90 Å². The Hall–Kier alpha value is -1.75. The zero-order valence-electron chi connectivity index (χ0n) is 13.3. The van der Waals surface area contributed by atoms with E-state index in [1.54, 1.807) is 32.4 Å². The third kappa shape index (κ3) is 2.65. The van der Waals surface area contributed by atoms with Gasteiger partial charge in [-0.2, -0.15) is 0 Å². The van der Waals surface area contributed by atoms with Gasteiger partial charge in [-0.1, -0.05) is 0 Å². The molecule has 2 N–H and O–H groups in total. The van der Waals surface area contributed by atoms with E-state index < -0.39 is 0 Å². The van der Waals surface area contributed by atoms with E-state index in [0.29, 0.717) is 28.3 Å². The lowest BCUT2D eigenvalue weighted by atomic mass is 9.90. The molecule has 1 heterocycles. The zero-order valence-corrected chi connectivity index (χ0v) is 13.3. The average Bonchev–Trinajstić information content (AvgIpc) is 3.20. The SMILES string of the molecule is COCC1CC12CCN(C(=O)c1ccc(N)c(OC)c1)CC2. The van der Waals surface area contributed by atoms with E-state index in [2.05, 4.69) is 0 Å². The first-order valence-electron chi connectivity index (χ1n) is 7.81. The Balaban J connectivity index is 1.63. The number of likely N-dealkylation sites (tertiary alicyclic amines) is 1. The van der Waals surface area contributed by atoms with Gasteiger partial charge in [0.25, 0.3) is 5.91 Å². The van der Waals surface area contributed by atoms with Gasteiger partial charge in [0.1, 0.15) is 5.75 Å². The van der Waals surface area contributed by atoms with Gasteiger partial charge in [0.05, 0.1) is 12.8 Å². The van der Waals surface area contributed by atoms with Crippen LogP contribution in [0.4, 0.5) is 5.69 Å². The van der Waals surface area contributed by atoms with Gasteiger partial charge in [0, 0.05) is 32.4 Å². The Morgan fingerprint density at radius 2 is 2.09 bits per heavy atom. The van der Waals surface area contributed by atoms with E-state index in [-0.39, 0.29) is 5.91 Å². The summed E-state index contributed by atoms with van der Waals surface area (Å²) in [6.07, 6.45) is 3.41. The maximum Gasteiger partial charge on any atom is 0.253 e. The third-order valence-electron chi connectivity index (χ3n) is 5.25. The molecule has 120 valence electrons. The minimum Gasteiger partial charge on any atom is -0.495 e. The first-order chi connectivity index (χ1) is 10.6. The minimum absolute atomic E-state index is 0.0668. The van der Waals surface area contributed by atoms with E-state index >= 15 is 0 Å². The van der Waals surface area contributed by atoms with Gasteiger partial charge in [0.15, 0.2) is 0 Å². The number of nitrogens with zero attached hydrogens (tertiary/aromatic N) is 1. The van der Waals surface area contributed by atoms with Crippen molar-refractivity contribution in [1.29, 1.82) is 0 Å². The second-order valence-corrected chi connectivity index (χ2v) is 6.47. The fourth-order valence-corrected chi connectivity index (χ4v) is 3.66. The van der Waals surface area contributed by atoms with Crippen molar-refractivity contribution < 1.29 is 14.3 Å². The number of carbonyl (C=O) groups is 1. The lowest BCUT2D eigenvalue weighted by molar-refractivity contribution is 0.0652. The number of ether oxygens (including phenoxy) is 2. The molecule has 1 aromatic carbocycles. The monoisotopic (exact) mass is 304 g/mol. The highest BCUT2D eigenvalue weighted by atomic mass is 16.5. The Bertz CT molecular complexity index is 565. The predicted octanol–water partition coefficient (Wildman–Crippen LogP) is 2.17. The molecular weight excluding hydrogens is 280 g/mol. The Kier molecular flexibility index (Phi) is 4.00. The van der Waals surface area contributed by atoms with Crippen molar-refractivity contribution in [3.05, 3.63) is 23.8 Å². The molecule has 5 nitrogen and oxygen atoms in total. The van der Waals surface area contributed by atoms with Crippen LogP contribution >= 0.6 is 0 Å². The summed E-state index contributed by atoms with van der Waals surface area (Å²) in [4.78, 5) is 14.6. The number of hydrogen-bond donors (Lipinski definition) is 1. The molecule has 1 amide bonds. The lowest BCUT2D eigenvalue weighted by Gasteiger charge is -2.33. The molecule has 0 bridgehead atoms. The van der Waals surface area contributed by atoms with Crippen LogP contribution in [0.25, 0.3) is 0 Å². The molecule has 2 fully saturated rings.